The van der Waals surface area contributed by atoms with Crippen molar-refractivity contribution in [1.82, 2.24) is 9.55 Å². The van der Waals surface area contributed by atoms with Gasteiger partial charge in [-0.05, 0) is 43.2 Å². The third kappa shape index (κ3) is 4.18. The van der Waals surface area contributed by atoms with Gasteiger partial charge in [-0.1, -0.05) is 61.9 Å². The summed E-state index contributed by atoms with van der Waals surface area (Å²) in [5.74, 6) is -0.425. The van der Waals surface area contributed by atoms with Crippen LogP contribution in [-0.2, 0) is 24.2 Å². The van der Waals surface area contributed by atoms with Gasteiger partial charge in [-0.2, -0.15) is 0 Å². The minimum absolute atomic E-state index is 0.0364. The van der Waals surface area contributed by atoms with Crippen molar-refractivity contribution in [3.63, 3.8) is 0 Å². The molecule has 0 bridgehead atoms. The van der Waals surface area contributed by atoms with Gasteiger partial charge in [-0.25, -0.2) is 4.98 Å². The smallest absolute Gasteiger partial charge is 0.263 e. The van der Waals surface area contributed by atoms with E-state index in [0.29, 0.717) is 11.7 Å². The molecule has 0 fully saturated rings. The number of unbranched alkanes of at least 4 members (excludes halogenated alkanes) is 2. The molecule has 2 heterocycles. The van der Waals surface area contributed by atoms with E-state index in [1.165, 1.54) is 28.6 Å². The van der Waals surface area contributed by atoms with E-state index in [0.717, 1.165) is 54.3 Å². The zero-order valence-electron chi connectivity index (χ0n) is 17.2. The Balaban J connectivity index is 1.81. The van der Waals surface area contributed by atoms with Crippen LogP contribution in [0.15, 0.2) is 40.3 Å². The second-order valence-electron chi connectivity index (χ2n) is 7.76. The van der Waals surface area contributed by atoms with Crippen LogP contribution in [-0.4, -0.2) is 15.5 Å². The van der Waals surface area contributed by atoms with E-state index < -0.39 is 11.2 Å². The minimum atomic E-state index is -0.581. The predicted octanol–water partition coefficient (Wildman–Crippen LogP) is 4.85. The highest BCUT2D eigenvalue weighted by molar-refractivity contribution is 8.00. The van der Waals surface area contributed by atoms with Crippen LogP contribution in [0.4, 0.5) is 0 Å². The Morgan fingerprint density at radius 3 is 2.73 bits per heavy atom. The SMILES string of the molecule is CCCCCn1c(SC(C(N)=O)c2ccccc2)nc2sc3c(c2c1=O)CCCC3. The van der Waals surface area contributed by atoms with Gasteiger partial charge in [0.15, 0.2) is 5.16 Å². The van der Waals surface area contributed by atoms with Crippen LogP contribution < -0.4 is 11.3 Å². The number of thioether (sulfide) groups is 1. The number of aromatic nitrogens is 2. The molecular weight excluding hydrogens is 414 g/mol. The second-order valence-corrected chi connectivity index (χ2v) is 9.92. The normalized spacial score (nSPS) is 14.6. The van der Waals surface area contributed by atoms with Gasteiger partial charge in [0.05, 0.1) is 5.39 Å². The van der Waals surface area contributed by atoms with Gasteiger partial charge in [-0.15, -0.1) is 11.3 Å². The van der Waals surface area contributed by atoms with Gasteiger partial charge in [0.2, 0.25) is 5.91 Å². The van der Waals surface area contributed by atoms with Crippen LogP contribution in [0.5, 0.6) is 0 Å². The van der Waals surface area contributed by atoms with Gasteiger partial charge in [0.1, 0.15) is 10.1 Å². The number of hydrogen-bond acceptors (Lipinski definition) is 5. The summed E-state index contributed by atoms with van der Waals surface area (Å²) in [5.41, 5.74) is 7.81. The Kier molecular flexibility index (Phi) is 6.58. The van der Waals surface area contributed by atoms with Crippen molar-refractivity contribution in [3.05, 3.63) is 56.7 Å². The number of primary amides is 1. The molecule has 30 heavy (non-hydrogen) atoms. The molecule has 7 heteroatoms. The molecule has 0 saturated carbocycles. The molecule has 2 aromatic heterocycles. The molecule has 0 saturated heterocycles. The summed E-state index contributed by atoms with van der Waals surface area (Å²) < 4.78 is 1.78. The van der Waals surface area contributed by atoms with E-state index >= 15 is 0 Å². The maximum absolute atomic E-state index is 13.6. The van der Waals surface area contributed by atoms with Crippen LogP contribution in [0.25, 0.3) is 10.2 Å². The van der Waals surface area contributed by atoms with Crippen molar-refractivity contribution in [2.45, 2.75) is 68.8 Å². The number of rotatable bonds is 8. The summed E-state index contributed by atoms with van der Waals surface area (Å²) in [6.07, 6.45) is 7.33. The molecule has 0 aliphatic heterocycles. The van der Waals surface area contributed by atoms with E-state index in [4.69, 9.17) is 10.7 Å². The number of nitrogens with two attached hydrogens (primary N) is 1. The van der Waals surface area contributed by atoms with Crippen molar-refractivity contribution in [1.29, 1.82) is 0 Å². The molecule has 1 aliphatic rings. The summed E-state index contributed by atoms with van der Waals surface area (Å²) in [6, 6.07) is 9.48. The van der Waals surface area contributed by atoms with Gasteiger partial charge in [-0.3, -0.25) is 14.2 Å². The van der Waals surface area contributed by atoms with Crippen molar-refractivity contribution in [2.75, 3.05) is 0 Å². The Morgan fingerprint density at radius 1 is 1.23 bits per heavy atom. The van der Waals surface area contributed by atoms with Gasteiger partial charge in [0, 0.05) is 11.4 Å². The number of fused-ring (bicyclic) bond motifs is 3. The standard InChI is InChI=1S/C23H27N3O2S2/c1-2-3-9-14-26-22(28)18-16-12-7-8-13-17(16)29-21(18)25-23(26)30-19(20(24)27)15-10-5-4-6-11-15/h4-6,10-11,19H,2-3,7-9,12-14H2,1H3,(H2,24,27). The van der Waals surface area contributed by atoms with E-state index in [-0.39, 0.29) is 5.56 Å². The fraction of sp³-hybridized carbons (Fsp3) is 0.435. The summed E-state index contributed by atoms with van der Waals surface area (Å²) >= 11 is 2.94. The molecule has 3 aromatic rings. The number of benzene rings is 1. The fourth-order valence-corrected chi connectivity index (χ4v) is 6.43. The maximum Gasteiger partial charge on any atom is 0.263 e. The van der Waals surface area contributed by atoms with E-state index in [1.807, 2.05) is 30.3 Å². The maximum atomic E-state index is 13.6. The van der Waals surface area contributed by atoms with Crippen molar-refractivity contribution in [2.24, 2.45) is 5.73 Å². The van der Waals surface area contributed by atoms with Crippen molar-refractivity contribution < 1.29 is 4.79 Å². The van der Waals surface area contributed by atoms with E-state index in [1.54, 1.807) is 15.9 Å². The Labute approximate surface area is 184 Å². The zero-order chi connectivity index (χ0) is 21.1. The zero-order valence-corrected chi connectivity index (χ0v) is 18.9. The highest BCUT2D eigenvalue weighted by Gasteiger charge is 2.26. The first-order valence-corrected chi connectivity index (χ1v) is 12.4. The molecule has 2 N–H and O–H groups in total. The van der Waals surface area contributed by atoms with Gasteiger partial charge >= 0.3 is 0 Å². The summed E-state index contributed by atoms with van der Waals surface area (Å²) in [4.78, 5) is 32.8. The highest BCUT2D eigenvalue weighted by Crippen LogP contribution is 2.38. The molecule has 1 atom stereocenters. The van der Waals surface area contributed by atoms with Gasteiger partial charge in [0.25, 0.3) is 5.56 Å². The summed E-state index contributed by atoms with van der Waals surface area (Å²) in [5, 5.41) is 0.809. The Morgan fingerprint density at radius 2 is 2.00 bits per heavy atom. The Hall–Kier alpha value is -2.12. The lowest BCUT2D eigenvalue weighted by atomic mass is 9.97. The molecule has 1 aliphatic carbocycles. The molecule has 0 radical (unpaired) electrons. The first kappa shape index (κ1) is 21.1. The summed E-state index contributed by atoms with van der Waals surface area (Å²) in [6.45, 7) is 2.76. The van der Waals surface area contributed by atoms with E-state index in [2.05, 4.69) is 6.92 Å². The number of thiophene rings is 1. The molecule has 1 amide bonds. The molecule has 1 aromatic carbocycles. The van der Waals surface area contributed by atoms with Crippen LogP contribution in [0.3, 0.4) is 0 Å². The first-order chi connectivity index (χ1) is 14.6. The third-order valence-electron chi connectivity index (χ3n) is 5.61. The number of carbonyl (C=O) groups excluding carboxylic acids is 1. The largest absolute Gasteiger partial charge is 0.368 e. The van der Waals surface area contributed by atoms with Gasteiger partial charge < -0.3 is 5.73 Å². The van der Waals surface area contributed by atoms with E-state index in [9.17, 15) is 9.59 Å². The molecule has 0 spiro atoms. The highest BCUT2D eigenvalue weighted by atomic mass is 32.2. The van der Waals surface area contributed by atoms with Crippen molar-refractivity contribution >= 4 is 39.2 Å². The molecule has 4 rings (SSSR count). The quantitative estimate of drug-likeness (QED) is 0.308. The van der Waals surface area contributed by atoms with Crippen LogP contribution in [0.2, 0.25) is 0 Å². The molecule has 5 nitrogen and oxygen atoms in total. The third-order valence-corrected chi connectivity index (χ3v) is 8.06. The number of carbonyl (C=O) groups is 1. The fourth-order valence-electron chi connectivity index (χ4n) is 4.05. The number of aryl methyl sites for hydroxylation is 2. The number of nitrogens with zero attached hydrogens (tertiary/aromatic N) is 2. The van der Waals surface area contributed by atoms with Crippen LogP contribution in [0.1, 0.15) is 60.3 Å². The molecule has 1 unspecified atom stereocenters. The Bertz CT molecular complexity index is 1110. The lowest BCUT2D eigenvalue weighted by Gasteiger charge is -2.17. The molecule has 158 valence electrons. The average Bonchev–Trinajstić information content (AvgIpc) is 3.13. The monoisotopic (exact) mass is 441 g/mol. The second kappa shape index (κ2) is 9.35. The average molecular weight is 442 g/mol. The number of hydrogen-bond donors (Lipinski definition) is 1. The molecular formula is C23H27N3O2S2. The summed E-state index contributed by atoms with van der Waals surface area (Å²) in [7, 11) is 0. The van der Waals surface area contributed by atoms with Crippen molar-refractivity contribution in [3.8, 4) is 0 Å². The number of amides is 1. The predicted molar refractivity (Wildman–Crippen MR) is 124 cm³/mol. The lowest BCUT2D eigenvalue weighted by Crippen LogP contribution is -2.26. The lowest BCUT2D eigenvalue weighted by molar-refractivity contribution is -0.117. The first-order valence-electron chi connectivity index (χ1n) is 10.7. The minimum Gasteiger partial charge on any atom is -0.368 e. The topological polar surface area (TPSA) is 78.0 Å². The van der Waals surface area contributed by atoms with Crippen LogP contribution in [0, 0.1) is 0 Å². The van der Waals surface area contributed by atoms with Crippen LogP contribution >= 0.6 is 23.1 Å².